The van der Waals surface area contributed by atoms with Crippen LogP contribution in [0.3, 0.4) is 0 Å². The smallest absolute Gasteiger partial charge is 0.414 e. The van der Waals surface area contributed by atoms with Gasteiger partial charge in [-0.25, -0.2) is 4.79 Å². The number of carbonyl (C=O) groups excluding carboxylic acids is 2. The highest BCUT2D eigenvalue weighted by Gasteiger charge is 2.33. The van der Waals surface area contributed by atoms with Crippen molar-refractivity contribution in [1.29, 1.82) is 0 Å². The summed E-state index contributed by atoms with van der Waals surface area (Å²) in [5, 5.41) is 3.10. The van der Waals surface area contributed by atoms with Crippen LogP contribution in [-0.2, 0) is 9.53 Å². The molecule has 7 heteroatoms. The summed E-state index contributed by atoms with van der Waals surface area (Å²) in [4.78, 5) is 26.1. The number of hydrogen-bond acceptors (Lipinski definition) is 5. The van der Waals surface area contributed by atoms with E-state index in [1.807, 2.05) is 6.92 Å². The molecular formula is C15H26N4O3. The van der Waals surface area contributed by atoms with Gasteiger partial charge in [0.1, 0.15) is 11.3 Å². The summed E-state index contributed by atoms with van der Waals surface area (Å²) in [6, 6.07) is 0. The molecule has 22 heavy (non-hydrogen) atoms. The highest BCUT2D eigenvalue weighted by molar-refractivity contribution is 5.97. The Kier molecular flexibility index (Phi) is 5.59. The number of carbonyl (C=O) groups is 2. The van der Waals surface area contributed by atoms with Gasteiger partial charge in [0.2, 0.25) is 0 Å². The van der Waals surface area contributed by atoms with Crippen molar-refractivity contribution < 1.29 is 14.3 Å². The van der Waals surface area contributed by atoms with Crippen molar-refractivity contribution in [3.8, 4) is 0 Å². The molecule has 0 aromatic carbocycles. The molecule has 1 heterocycles. The molecule has 0 spiro atoms. The lowest BCUT2D eigenvalue weighted by Gasteiger charge is -2.29. The topological polar surface area (TPSA) is 65.1 Å². The zero-order valence-corrected chi connectivity index (χ0v) is 14.3. The summed E-state index contributed by atoms with van der Waals surface area (Å²) in [6.45, 7) is 11.3. The number of ether oxygens (including phenoxy) is 1. The predicted molar refractivity (Wildman–Crippen MR) is 84.1 cm³/mol. The molecule has 1 rings (SSSR count). The maximum Gasteiger partial charge on any atom is 0.414 e. The molecule has 1 aliphatic rings. The zero-order chi connectivity index (χ0) is 17.1. The summed E-state index contributed by atoms with van der Waals surface area (Å²) in [5.41, 5.74) is 3.30. The molecule has 0 aromatic rings. The number of hydrazine groups is 2. The van der Waals surface area contributed by atoms with Gasteiger partial charge in [-0.2, -0.15) is 0 Å². The second kappa shape index (κ2) is 6.83. The molecular weight excluding hydrogens is 284 g/mol. The van der Waals surface area contributed by atoms with Crippen molar-refractivity contribution in [1.82, 2.24) is 20.5 Å². The molecule has 124 valence electrons. The van der Waals surface area contributed by atoms with Crippen LogP contribution in [0.1, 0.15) is 34.1 Å². The lowest BCUT2D eigenvalue weighted by atomic mass is 10.2. The lowest BCUT2D eigenvalue weighted by molar-refractivity contribution is -0.128. The van der Waals surface area contributed by atoms with E-state index in [9.17, 15) is 9.59 Å². The van der Waals surface area contributed by atoms with Crippen LogP contribution in [0.5, 0.6) is 0 Å². The van der Waals surface area contributed by atoms with Gasteiger partial charge in [0, 0.05) is 26.8 Å². The number of hydrogen-bond donors (Lipinski definition) is 1. The second-order valence-electron chi connectivity index (χ2n) is 6.23. The zero-order valence-electron chi connectivity index (χ0n) is 14.3. The molecule has 0 aliphatic carbocycles. The van der Waals surface area contributed by atoms with Gasteiger partial charge in [-0.1, -0.05) is 6.58 Å². The third-order valence-corrected chi connectivity index (χ3v) is 3.21. The molecule has 2 amide bonds. The van der Waals surface area contributed by atoms with Crippen LogP contribution in [0.2, 0.25) is 0 Å². The largest absolute Gasteiger partial charge is 0.443 e. The second-order valence-corrected chi connectivity index (χ2v) is 6.23. The Morgan fingerprint density at radius 2 is 1.95 bits per heavy atom. The summed E-state index contributed by atoms with van der Waals surface area (Å²) in [6.07, 6.45) is 1.71. The highest BCUT2D eigenvalue weighted by Crippen LogP contribution is 2.25. The van der Waals surface area contributed by atoms with Crippen LogP contribution in [0, 0.1) is 0 Å². The normalized spacial score (nSPS) is 15.1. The predicted octanol–water partition coefficient (Wildman–Crippen LogP) is 1.85. The molecule has 1 aliphatic heterocycles. The SMILES string of the molecule is C=CN(C)N(C)NC(=O)C1=C(C)CCN1C(=O)OC(C)(C)C. The molecule has 0 saturated carbocycles. The fraction of sp³-hybridized carbons (Fsp3) is 0.600. The van der Waals surface area contributed by atoms with E-state index in [2.05, 4.69) is 12.0 Å². The first-order valence-electron chi connectivity index (χ1n) is 7.17. The van der Waals surface area contributed by atoms with Crippen molar-refractivity contribution in [2.75, 3.05) is 20.6 Å². The summed E-state index contributed by atoms with van der Waals surface area (Å²) in [5.74, 6) is -0.350. The van der Waals surface area contributed by atoms with Crippen LogP contribution in [0.15, 0.2) is 24.0 Å². The summed E-state index contributed by atoms with van der Waals surface area (Å²) >= 11 is 0. The summed E-state index contributed by atoms with van der Waals surface area (Å²) in [7, 11) is 3.43. The van der Waals surface area contributed by atoms with Gasteiger partial charge in [0.25, 0.3) is 5.91 Å². The number of amides is 2. The van der Waals surface area contributed by atoms with Gasteiger partial charge in [0.05, 0.1) is 0 Å². The van der Waals surface area contributed by atoms with E-state index in [-0.39, 0.29) is 5.91 Å². The highest BCUT2D eigenvalue weighted by atomic mass is 16.6. The summed E-state index contributed by atoms with van der Waals surface area (Å²) < 4.78 is 5.36. The van der Waals surface area contributed by atoms with Crippen molar-refractivity contribution in [3.05, 3.63) is 24.0 Å². The molecule has 0 unspecified atom stereocenters. The fourth-order valence-corrected chi connectivity index (χ4v) is 1.96. The van der Waals surface area contributed by atoms with E-state index in [0.717, 1.165) is 5.57 Å². The monoisotopic (exact) mass is 310 g/mol. The minimum Gasteiger partial charge on any atom is -0.443 e. The van der Waals surface area contributed by atoms with Crippen LogP contribution < -0.4 is 5.43 Å². The standard InChI is InChI=1S/C15H26N4O3/c1-8-17(6)18(7)16-13(20)12-11(2)9-10-19(12)14(21)22-15(3,4)5/h8H,1,9-10H2,2-7H3,(H,16,20). The molecule has 1 N–H and O–H groups in total. The first kappa shape index (κ1) is 18.0. The van der Waals surface area contributed by atoms with E-state index >= 15 is 0 Å². The van der Waals surface area contributed by atoms with Crippen molar-refractivity contribution in [2.24, 2.45) is 0 Å². The Hall–Kier alpha value is -2.02. The average molecular weight is 310 g/mol. The Balaban J connectivity index is 2.85. The van der Waals surface area contributed by atoms with Gasteiger partial charge in [0.15, 0.2) is 0 Å². The maximum absolute atomic E-state index is 12.4. The Labute approximate surface area is 132 Å². The van der Waals surface area contributed by atoms with Crippen LogP contribution in [0.25, 0.3) is 0 Å². The molecule has 0 fully saturated rings. The number of nitrogens with zero attached hydrogens (tertiary/aromatic N) is 3. The number of rotatable bonds is 4. The average Bonchev–Trinajstić information content (AvgIpc) is 2.77. The number of nitrogens with one attached hydrogen (secondary N) is 1. The molecule has 7 nitrogen and oxygen atoms in total. The van der Waals surface area contributed by atoms with E-state index in [4.69, 9.17) is 4.74 Å². The van der Waals surface area contributed by atoms with Crippen molar-refractivity contribution in [3.63, 3.8) is 0 Å². The quantitative estimate of drug-likeness (QED) is 0.803. The lowest BCUT2D eigenvalue weighted by Crippen LogP contribution is -2.49. The van der Waals surface area contributed by atoms with E-state index < -0.39 is 11.7 Å². The van der Waals surface area contributed by atoms with Crippen LogP contribution in [-0.4, -0.2) is 53.3 Å². The molecule has 0 bridgehead atoms. The molecule has 0 saturated heterocycles. The van der Waals surface area contributed by atoms with Crippen LogP contribution in [0.4, 0.5) is 4.79 Å². The first-order chi connectivity index (χ1) is 10.1. The van der Waals surface area contributed by atoms with Crippen molar-refractivity contribution >= 4 is 12.0 Å². The van der Waals surface area contributed by atoms with Gasteiger partial charge in [-0.15, -0.1) is 5.12 Å². The Morgan fingerprint density at radius 1 is 1.36 bits per heavy atom. The third kappa shape index (κ3) is 4.49. The van der Waals surface area contributed by atoms with Gasteiger partial charge in [-0.05, 0) is 39.7 Å². The fourth-order valence-electron chi connectivity index (χ4n) is 1.96. The van der Waals surface area contributed by atoms with Gasteiger partial charge in [-0.3, -0.25) is 20.1 Å². The molecule has 0 radical (unpaired) electrons. The van der Waals surface area contributed by atoms with Crippen LogP contribution >= 0.6 is 0 Å². The minimum absolute atomic E-state index is 0.346. The Bertz CT molecular complexity index is 494. The minimum atomic E-state index is -0.602. The maximum atomic E-state index is 12.4. The van der Waals surface area contributed by atoms with E-state index in [1.165, 1.54) is 10.0 Å². The van der Waals surface area contributed by atoms with E-state index in [1.54, 1.807) is 46.1 Å². The first-order valence-corrected chi connectivity index (χ1v) is 7.17. The Morgan fingerprint density at radius 3 is 2.45 bits per heavy atom. The van der Waals surface area contributed by atoms with Gasteiger partial charge >= 0.3 is 6.09 Å². The van der Waals surface area contributed by atoms with E-state index in [0.29, 0.717) is 18.7 Å². The third-order valence-electron chi connectivity index (χ3n) is 3.21. The van der Waals surface area contributed by atoms with Gasteiger partial charge < -0.3 is 4.74 Å². The van der Waals surface area contributed by atoms with Crippen molar-refractivity contribution in [2.45, 2.75) is 39.7 Å². The molecule has 0 atom stereocenters. The molecule has 0 aromatic heterocycles.